The van der Waals surface area contributed by atoms with E-state index in [0.29, 0.717) is 37.0 Å². The molecule has 118 valence electrons. The van der Waals surface area contributed by atoms with Crippen molar-refractivity contribution in [1.82, 2.24) is 19.9 Å². The standard InChI is InChI=1S/C16H24N6/c1-10-9-11(2)18-15-13(10)14(17-3)20-16(21-15)19-12-5-7-22(4)8-6-12/h9,12H,5-8H2,1-4H3,(H2,17,18,19,20,21)/i3D3,4D3. The lowest BCUT2D eigenvalue weighted by molar-refractivity contribution is 0.263. The first-order valence-electron chi connectivity index (χ1n) is 10.4. The molecule has 22 heavy (non-hydrogen) atoms. The van der Waals surface area contributed by atoms with Gasteiger partial charge in [0.15, 0.2) is 5.65 Å². The third kappa shape index (κ3) is 2.97. The van der Waals surface area contributed by atoms with Gasteiger partial charge >= 0.3 is 0 Å². The van der Waals surface area contributed by atoms with Gasteiger partial charge in [0.05, 0.1) is 5.39 Å². The van der Waals surface area contributed by atoms with E-state index in [9.17, 15) is 0 Å². The van der Waals surface area contributed by atoms with E-state index in [2.05, 4.69) is 25.6 Å². The van der Waals surface area contributed by atoms with Gasteiger partial charge in [-0.3, -0.25) is 0 Å². The topological polar surface area (TPSA) is 66.0 Å². The van der Waals surface area contributed by atoms with Gasteiger partial charge in [-0.1, -0.05) is 0 Å². The van der Waals surface area contributed by atoms with Gasteiger partial charge in [-0.05, 0) is 58.4 Å². The van der Waals surface area contributed by atoms with Crippen molar-refractivity contribution in [3.63, 3.8) is 0 Å². The second kappa shape index (κ2) is 6.04. The number of rotatable bonds is 3. The van der Waals surface area contributed by atoms with E-state index in [4.69, 9.17) is 8.22 Å². The number of nitrogens with zero attached hydrogens (tertiary/aromatic N) is 4. The molecule has 3 rings (SSSR count). The first-order valence-corrected chi connectivity index (χ1v) is 7.38. The molecule has 0 unspecified atom stereocenters. The zero-order valence-corrected chi connectivity index (χ0v) is 12.8. The van der Waals surface area contributed by atoms with E-state index in [1.165, 1.54) is 4.90 Å². The lowest BCUT2D eigenvalue weighted by Gasteiger charge is -2.29. The molecule has 3 heterocycles. The fourth-order valence-electron chi connectivity index (χ4n) is 2.84. The monoisotopic (exact) mass is 306 g/mol. The number of anilines is 2. The highest BCUT2D eigenvalue weighted by Gasteiger charge is 2.18. The van der Waals surface area contributed by atoms with Gasteiger partial charge in [0.2, 0.25) is 5.95 Å². The largest absolute Gasteiger partial charge is 0.372 e. The predicted molar refractivity (Wildman–Crippen MR) is 90.5 cm³/mol. The Morgan fingerprint density at radius 2 is 2.05 bits per heavy atom. The summed E-state index contributed by atoms with van der Waals surface area (Å²) in [6, 6.07) is 1.86. The van der Waals surface area contributed by atoms with Crippen LogP contribution in [-0.4, -0.2) is 52.9 Å². The summed E-state index contributed by atoms with van der Waals surface area (Å²) in [6.45, 7) is 0.115. The van der Waals surface area contributed by atoms with Crippen LogP contribution in [0.25, 0.3) is 11.0 Å². The summed E-state index contributed by atoms with van der Waals surface area (Å²) in [4.78, 5) is 14.8. The Hall–Kier alpha value is -1.95. The second-order valence-corrected chi connectivity index (χ2v) is 5.71. The predicted octanol–water partition coefficient (Wildman–Crippen LogP) is 2.19. The molecule has 2 aromatic rings. The van der Waals surface area contributed by atoms with E-state index < -0.39 is 14.0 Å². The van der Waals surface area contributed by atoms with Crippen LogP contribution in [0.3, 0.4) is 0 Å². The van der Waals surface area contributed by atoms with Crippen molar-refractivity contribution in [2.45, 2.75) is 32.7 Å². The van der Waals surface area contributed by atoms with Crippen molar-refractivity contribution in [2.24, 2.45) is 0 Å². The van der Waals surface area contributed by atoms with Crippen molar-refractivity contribution >= 4 is 22.8 Å². The van der Waals surface area contributed by atoms with Crippen LogP contribution in [0.15, 0.2) is 6.07 Å². The van der Waals surface area contributed by atoms with Crippen molar-refractivity contribution in [1.29, 1.82) is 0 Å². The molecule has 0 spiro atoms. The first-order chi connectivity index (χ1) is 12.9. The number of likely N-dealkylation sites (tertiary alicyclic amines) is 1. The highest BCUT2D eigenvalue weighted by atomic mass is 15.2. The second-order valence-electron chi connectivity index (χ2n) is 5.71. The van der Waals surface area contributed by atoms with Crippen LogP contribution in [0.1, 0.15) is 32.3 Å². The molecule has 0 atom stereocenters. The number of hydrogen-bond acceptors (Lipinski definition) is 6. The molecule has 2 N–H and O–H groups in total. The fourth-order valence-corrected chi connectivity index (χ4v) is 2.84. The fraction of sp³-hybridized carbons (Fsp3) is 0.562. The summed E-state index contributed by atoms with van der Waals surface area (Å²) in [5, 5.41) is 6.26. The number of aryl methyl sites for hydroxylation is 2. The maximum absolute atomic E-state index is 7.52. The molecule has 2 aromatic heterocycles. The minimum atomic E-state index is -2.40. The van der Waals surface area contributed by atoms with E-state index >= 15 is 0 Å². The molecule has 6 heteroatoms. The van der Waals surface area contributed by atoms with Gasteiger partial charge in [0, 0.05) is 26.9 Å². The lowest BCUT2D eigenvalue weighted by Crippen LogP contribution is -2.37. The van der Waals surface area contributed by atoms with E-state index in [-0.39, 0.29) is 17.8 Å². The van der Waals surface area contributed by atoms with Crippen molar-refractivity contribution < 1.29 is 8.22 Å². The van der Waals surface area contributed by atoms with E-state index in [0.717, 1.165) is 11.3 Å². The van der Waals surface area contributed by atoms with Gasteiger partial charge in [0.25, 0.3) is 0 Å². The Kier molecular flexibility index (Phi) is 2.54. The molecule has 0 amide bonds. The summed E-state index contributed by atoms with van der Waals surface area (Å²) >= 11 is 0. The molecule has 1 saturated heterocycles. The molecule has 0 bridgehead atoms. The van der Waals surface area contributed by atoms with Gasteiger partial charge < -0.3 is 15.5 Å². The Balaban J connectivity index is 1.88. The average molecular weight is 306 g/mol. The maximum Gasteiger partial charge on any atom is 0.226 e. The lowest BCUT2D eigenvalue weighted by atomic mass is 10.1. The summed E-state index contributed by atoms with van der Waals surface area (Å²) in [5.41, 5.74) is 2.04. The molecule has 1 aliphatic rings. The first kappa shape index (κ1) is 9.25. The SMILES string of the molecule is [2H]C([2H])([2H])Nc1nc(NC2CCN(C([2H])([2H])[2H])CC2)nc2nc(C)cc(C)c12. The molecular formula is C16H24N6. The third-order valence-electron chi connectivity index (χ3n) is 3.94. The van der Waals surface area contributed by atoms with Crippen LogP contribution in [-0.2, 0) is 0 Å². The normalized spacial score (nSPS) is 22.1. The molecule has 0 saturated carbocycles. The molecule has 0 radical (unpaired) electrons. The summed E-state index contributed by atoms with van der Waals surface area (Å²) in [6.07, 6.45) is 1.25. The Morgan fingerprint density at radius 3 is 2.77 bits per heavy atom. The summed E-state index contributed by atoms with van der Waals surface area (Å²) < 4.78 is 45.1. The van der Waals surface area contributed by atoms with Crippen LogP contribution >= 0.6 is 0 Å². The number of nitrogens with one attached hydrogen (secondary N) is 2. The van der Waals surface area contributed by atoms with Crippen molar-refractivity contribution in [3.8, 4) is 0 Å². The van der Waals surface area contributed by atoms with Gasteiger partial charge in [-0.2, -0.15) is 9.97 Å². The van der Waals surface area contributed by atoms with Gasteiger partial charge in [-0.15, -0.1) is 0 Å². The van der Waals surface area contributed by atoms with Crippen molar-refractivity contribution in [3.05, 3.63) is 17.3 Å². The van der Waals surface area contributed by atoms with Crippen LogP contribution < -0.4 is 10.6 Å². The number of piperidine rings is 1. The number of hydrogen-bond donors (Lipinski definition) is 2. The molecule has 1 fully saturated rings. The number of fused-ring (bicyclic) bond motifs is 1. The minimum Gasteiger partial charge on any atom is -0.372 e. The summed E-state index contributed by atoms with van der Waals surface area (Å²) in [5.74, 6) is 0.488. The Labute approximate surface area is 139 Å². The highest BCUT2D eigenvalue weighted by molar-refractivity contribution is 5.90. The molecular weight excluding hydrogens is 276 g/mol. The third-order valence-corrected chi connectivity index (χ3v) is 3.94. The maximum atomic E-state index is 7.52. The number of aromatic nitrogens is 3. The smallest absolute Gasteiger partial charge is 0.226 e. The van der Waals surface area contributed by atoms with Crippen LogP contribution in [0, 0.1) is 13.8 Å². The highest BCUT2D eigenvalue weighted by Crippen LogP contribution is 2.25. The molecule has 0 aromatic carbocycles. The Bertz CT molecular complexity index is 857. The van der Waals surface area contributed by atoms with Gasteiger partial charge in [-0.25, -0.2) is 4.98 Å². The van der Waals surface area contributed by atoms with Crippen molar-refractivity contribution in [2.75, 3.05) is 37.7 Å². The van der Waals surface area contributed by atoms with Gasteiger partial charge in [0.1, 0.15) is 5.82 Å². The quantitative estimate of drug-likeness (QED) is 0.906. The average Bonchev–Trinajstić information content (AvgIpc) is 2.51. The molecule has 0 aliphatic carbocycles. The van der Waals surface area contributed by atoms with E-state index in [1.807, 2.05) is 19.9 Å². The molecule has 6 nitrogen and oxygen atoms in total. The zero-order chi connectivity index (χ0) is 20.7. The molecule has 1 aliphatic heterocycles. The van der Waals surface area contributed by atoms with E-state index in [1.54, 1.807) is 0 Å². The summed E-state index contributed by atoms with van der Waals surface area (Å²) in [7, 11) is 0. The van der Waals surface area contributed by atoms with Crippen LogP contribution in [0.5, 0.6) is 0 Å². The zero-order valence-electron chi connectivity index (χ0n) is 18.8. The number of pyridine rings is 1. The van der Waals surface area contributed by atoms with Crippen LogP contribution in [0.2, 0.25) is 0 Å². The minimum absolute atomic E-state index is 0.00238. The Morgan fingerprint density at radius 1 is 1.23 bits per heavy atom. The van der Waals surface area contributed by atoms with Crippen LogP contribution in [0.4, 0.5) is 11.8 Å².